The predicted octanol–water partition coefficient (Wildman–Crippen LogP) is 4.29. The molecule has 2 rings (SSSR count). The molecule has 0 radical (unpaired) electrons. The van der Waals surface area contributed by atoms with Crippen LogP contribution >= 0.6 is 11.6 Å². The molecule has 2 aliphatic carbocycles. The Bertz CT molecular complexity index is 335. The van der Waals surface area contributed by atoms with Crippen LogP contribution in [-0.2, 0) is 0 Å². The molecule has 0 amide bonds. The van der Waals surface area contributed by atoms with Crippen molar-refractivity contribution < 1.29 is 0 Å². The van der Waals surface area contributed by atoms with E-state index in [1.165, 1.54) is 12.0 Å². The van der Waals surface area contributed by atoms with Gasteiger partial charge in [-0.2, -0.15) is 0 Å². The van der Waals surface area contributed by atoms with Gasteiger partial charge in [-0.1, -0.05) is 44.5 Å². The minimum atomic E-state index is 0.204. The van der Waals surface area contributed by atoms with E-state index in [4.69, 9.17) is 11.6 Å². The van der Waals surface area contributed by atoms with Crippen LogP contribution in [0.4, 0.5) is 0 Å². The molecule has 1 heteroatoms. The van der Waals surface area contributed by atoms with Crippen molar-refractivity contribution in [3.05, 3.63) is 34.9 Å². The molecule has 0 aromatic heterocycles. The van der Waals surface area contributed by atoms with Crippen LogP contribution in [-0.4, -0.2) is 0 Å². The Balaban J connectivity index is 2.45. The normalized spacial score (nSPS) is 41.4. The molecule has 0 aliphatic heterocycles. The largest absolute Gasteiger partial charge is 0.0843 e. The summed E-state index contributed by atoms with van der Waals surface area (Å²) in [4.78, 5) is 0. The molecule has 14 heavy (non-hydrogen) atoms. The number of fused-ring (bicyclic) bond motifs is 1. The molecule has 3 atom stereocenters. The van der Waals surface area contributed by atoms with Crippen molar-refractivity contribution in [3.63, 3.8) is 0 Å². The molecular formula is C13H17Cl. The molecule has 0 fully saturated rings. The van der Waals surface area contributed by atoms with Crippen molar-refractivity contribution in [2.75, 3.05) is 0 Å². The van der Waals surface area contributed by atoms with Gasteiger partial charge < -0.3 is 0 Å². The fourth-order valence-corrected chi connectivity index (χ4v) is 2.68. The summed E-state index contributed by atoms with van der Waals surface area (Å²) in [6, 6.07) is 0. The van der Waals surface area contributed by atoms with Crippen molar-refractivity contribution in [1.29, 1.82) is 0 Å². The first-order chi connectivity index (χ1) is 6.54. The van der Waals surface area contributed by atoms with Crippen LogP contribution < -0.4 is 0 Å². The lowest BCUT2D eigenvalue weighted by Gasteiger charge is -2.43. The van der Waals surface area contributed by atoms with Crippen LogP contribution in [0.15, 0.2) is 34.9 Å². The maximum atomic E-state index is 6.02. The second-order valence-corrected chi connectivity index (χ2v) is 5.24. The Morgan fingerprint density at radius 1 is 1.43 bits per heavy atom. The Morgan fingerprint density at radius 2 is 2.14 bits per heavy atom. The fourth-order valence-electron chi connectivity index (χ4n) is 2.50. The summed E-state index contributed by atoms with van der Waals surface area (Å²) in [5.74, 6) is 1.46. The van der Waals surface area contributed by atoms with Crippen LogP contribution in [0.5, 0.6) is 0 Å². The first-order valence-corrected chi connectivity index (χ1v) is 5.69. The second-order valence-electron chi connectivity index (χ2n) is 4.81. The predicted molar refractivity (Wildman–Crippen MR) is 62.2 cm³/mol. The van der Waals surface area contributed by atoms with E-state index in [0.717, 1.165) is 11.0 Å². The first-order valence-electron chi connectivity index (χ1n) is 5.31. The summed E-state index contributed by atoms with van der Waals surface area (Å²) < 4.78 is 0. The van der Waals surface area contributed by atoms with E-state index >= 15 is 0 Å². The van der Waals surface area contributed by atoms with Gasteiger partial charge in [-0.3, -0.25) is 0 Å². The van der Waals surface area contributed by atoms with Gasteiger partial charge in [-0.05, 0) is 36.0 Å². The third-order valence-electron chi connectivity index (χ3n) is 4.01. The summed E-state index contributed by atoms with van der Waals surface area (Å²) in [6.45, 7) is 6.99. The van der Waals surface area contributed by atoms with E-state index in [0.29, 0.717) is 5.92 Å². The van der Waals surface area contributed by atoms with E-state index < -0.39 is 0 Å². The van der Waals surface area contributed by atoms with Gasteiger partial charge >= 0.3 is 0 Å². The molecular weight excluding hydrogens is 192 g/mol. The zero-order valence-electron chi connectivity index (χ0n) is 9.05. The summed E-state index contributed by atoms with van der Waals surface area (Å²) in [5, 5.41) is 0.857. The topological polar surface area (TPSA) is 0 Å². The van der Waals surface area contributed by atoms with Crippen LogP contribution in [0.2, 0.25) is 0 Å². The number of hydrogen-bond donors (Lipinski definition) is 0. The summed E-state index contributed by atoms with van der Waals surface area (Å²) in [7, 11) is 0. The highest BCUT2D eigenvalue weighted by molar-refractivity contribution is 6.31. The van der Waals surface area contributed by atoms with Crippen molar-refractivity contribution in [2.24, 2.45) is 17.3 Å². The molecule has 0 heterocycles. The molecule has 0 unspecified atom stereocenters. The molecule has 0 N–H and O–H groups in total. The average molecular weight is 209 g/mol. The summed E-state index contributed by atoms with van der Waals surface area (Å²) in [6.07, 6.45) is 9.94. The van der Waals surface area contributed by atoms with Gasteiger partial charge in [-0.25, -0.2) is 0 Å². The smallest absolute Gasteiger partial charge is 0.0406 e. The molecule has 0 saturated carbocycles. The number of hydrogen-bond acceptors (Lipinski definition) is 0. The SMILES string of the molecule is C[C@@H]1[C@@H](C)CC=C2C=C(Cl)C=C[C@]21C. The van der Waals surface area contributed by atoms with Crippen molar-refractivity contribution >= 4 is 11.6 Å². The molecule has 0 spiro atoms. The Hall–Kier alpha value is -0.490. The van der Waals surface area contributed by atoms with Gasteiger partial charge in [0.05, 0.1) is 0 Å². The third kappa shape index (κ3) is 1.37. The lowest BCUT2D eigenvalue weighted by Crippen LogP contribution is -2.33. The van der Waals surface area contributed by atoms with E-state index in [1.807, 2.05) is 6.08 Å². The van der Waals surface area contributed by atoms with E-state index in [-0.39, 0.29) is 5.41 Å². The highest BCUT2D eigenvalue weighted by atomic mass is 35.5. The van der Waals surface area contributed by atoms with Gasteiger partial charge in [0.25, 0.3) is 0 Å². The lowest BCUT2D eigenvalue weighted by molar-refractivity contribution is 0.225. The van der Waals surface area contributed by atoms with Crippen molar-refractivity contribution in [3.8, 4) is 0 Å². The summed E-state index contributed by atoms with van der Waals surface area (Å²) >= 11 is 6.02. The van der Waals surface area contributed by atoms with Crippen LogP contribution in [0, 0.1) is 17.3 Å². The minimum Gasteiger partial charge on any atom is -0.0843 e. The van der Waals surface area contributed by atoms with E-state index in [1.54, 1.807) is 0 Å². The molecule has 0 saturated heterocycles. The highest BCUT2D eigenvalue weighted by Gasteiger charge is 2.38. The number of halogens is 1. The first kappa shape index (κ1) is 10.0. The highest BCUT2D eigenvalue weighted by Crippen LogP contribution is 2.48. The van der Waals surface area contributed by atoms with Gasteiger partial charge in [-0.15, -0.1) is 0 Å². The third-order valence-corrected chi connectivity index (χ3v) is 4.25. The molecule has 0 aromatic rings. The summed E-state index contributed by atoms with van der Waals surface area (Å²) in [5.41, 5.74) is 1.60. The van der Waals surface area contributed by atoms with E-state index in [2.05, 4.69) is 39.0 Å². The average Bonchev–Trinajstić information content (AvgIpc) is 2.16. The maximum Gasteiger partial charge on any atom is 0.0406 e. The quantitative estimate of drug-likeness (QED) is 0.557. The zero-order valence-corrected chi connectivity index (χ0v) is 9.81. The van der Waals surface area contributed by atoms with Crippen LogP contribution in [0.25, 0.3) is 0 Å². The van der Waals surface area contributed by atoms with Crippen molar-refractivity contribution in [1.82, 2.24) is 0 Å². The number of rotatable bonds is 0. The minimum absolute atomic E-state index is 0.204. The zero-order chi connectivity index (χ0) is 10.3. The molecule has 0 bridgehead atoms. The van der Waals surface area contributed by atoms with E-state index in [9.17, 15) is 0 Å². The van der Waals surface area contributed by atoms with Crippen LogP contribution in [0.3, 0.4) is 0 Å². The Morgan fingerprint density at radius 3 is 2.86 bits per heavy atom. The van der Waals surface area contributed by atoms with Crippen LogP contribution in [0.1, 0.15) is 27.2 Å². The molecule has 0 aromatic carbocycles. The van der Waals surface area contributed by atoms with Gasteiger partial charge in [0.1, 0.15) is 0 Å². The molecule has 0 nitrogen and oxygen atoms in total. The molecule has 76 valence electrons. The van der Waals surface area contributed by atoms with Gasteiger partial charge in [0.15, 0.2) is 0 Å². The fraction of sp³-hybridized carbons (Fsp3) is 0.538. The second kappa shape index (κ2) is 3.27. The van der Waals surface area contributed by atoms with Gasteiger partial charge in [0, 0.05) is 10.4 Å². The lowest BCUT2D eigenvalue weighted by atomic mass is 9.62. The van der Waals surface area contributed by atoms with Gasteiger partial charge in [0.2, 0.25) is 0 Å². The maximum absolute atomic E-state index is 6.02. The monoisotopic (exact) mass is 208 g/mol. The number of allylic oxidation sites excluding steroid dienone is 6. The standard InChI is InChI=1S/C13H17Cl/c1-9-4-5-11-8-12(14)6-7-13(11,3)10(9)2/h5-10H,4H2,1-3H3/t9-,10+,13-/m0/s1. The van der Waals surface area contributed by atoms with Crippen molar-refractivity contribution in [2.45, 2.75) is 27.2 Å². The Kier molecular flexibility index (Phi) is 2.35. The Labute approximate surface area is 91.3 Å². The molecule has 2 aliphatic rings.